The molecule has 3 rings (SSSR count). The molecule has 1 aliphatic heterocycles. The van der Waals surface area contributed by atoms with Crippen LogP contribution < -0.4 is 14.8 Å². The Kier molecular flexibility index (Phi) is 5.17. The maximum absolute atomic E-state index is 12.5. The molecule has 0 fully saturated rings. The van der Waals surface area contributed by atoms with Gasteiger partial charge in [-0.2, -0.15) is 0 Å². The lowest BCUT2D eigenvalue weighted by atomic mass is 10.1. The minimum atomic E-state index is -0.236. The summed E-state index contributed by atoms with van der Waals surface area (Å²) in [4.78, 5) is 12.5. The summed E-state index contributed by atoms with van der Waals surface area (Å²) in [6.45, 7) is 2.98. The van der Waals surface area contributed by atoms with Crippen LogP contribution in [0.25, 0.3) is 0 Å². The van der Waals surface area contributed by atoms with Gasteiger partial charge in [0.05, 0.1) is 24.3 Å². The number of hydrogen-bond acceptors (Lipinski definition) is 3. The van der Waals surface area contributed by atoms with E-state index in [1.54, 1.807) is 18.2 Å². The van der Waals surface area contributed by atoms with E-state index in [-0.39, 0.29) is 11.9 Å². The Hall–Kier alpha value is -1.91. The van der Waals surface area contributed by atoms with Gasteiger partial charge in [0.25, 0.3) is 5.91 Å². The molecule has 0 aromatic heterocycles. The number of amides is 1. The molecule has 126 valence electrons. The summed E-state index contributed by atoms with van der Waals surface area (Å²) in [5.41, 5.74) is 1.36. The van der Waals surface area contributed by atoms with Crippen LogP contribution in [0.2, 0.25) is 10.0 Å². The number of carbonyl (C=O) groups is 1. The van der Waals surface area contributed by atoms with Crippen LogP contribution in [-0.4, -0.2) is 19.1 Å². The van der Waals surface area contributed by atoms with Crippen LogP contribution in [0.15, 0.2) is 36.4 Å². The monoisotopic (exact) mass is 365 g/mol. The molecule has 6 heteroatoms. The van der Waals surface area contributed by atoms with Gasteiger partial charge in [-0.05, 0) is 36.8 Å². The first-order valence-corrected chi connectivity index (χ1v) is 8.45. The maximum Gasteiger partial charge on any atom is 0.251 e. The molecule has 0 saturated carbocycles. The number of nitrogens with one attached hydrogen (secondary N) is 1. The summed E-state index contributed by atoms with van der Waals surface area (Å²) in [6.07, 6.45) is 0.776. The van der Waals surface area contributed by atoms with E-state index < -0.39 is 0 Å². The lowest BCUT2D eigenvalue weighted by Crippen LogP contribution is -2.26. The summed E-state index contributed by atoms with van der Waals surface area (Å²) >= 11 is 12.2. The fourth-order valence-corrected chi connectivity index (χ4v) is 2.97. The second kappa shape index (κ2) is 7.32. The van der Waals surface area contributed by atoms with E-state index in [4.69, 9.17) is 32.7 Å². The third-order valence-electron chi connectivity index (χ3n) is 3.76. The predicted octanol–water partition coefficient (Wildman–Crippen LogP) is 4.65. The van der Waals surface area contributed by atoms with Crippen LogP contribution in [0.3, 0.4) is 0 Å². The van der Waals surface area contributed by atoms with E-state index in [1.165, 1.54) is 0 Å². The summed E-state index contributed by atoms with van der Waals surface area (Å²) in [5, 5.41) is 3.94. The summed E-state index contributed by atoms with van der Waals surface area (Å²) in [6, 6.07) is 10.5. The lowest BCUT2D eigenvalue weighted by molar-refractivity contribution is 0.0939. The second-order valence-corrected chi connectivity index (χ2v) is 6.43. The second-order valence-electron chi connectivity index (χ2n) is 5.59. The summed E-state index contributed by atoms with van der Waals surface area (Å²) in [5.74, 6) is 0.759. The number of benzene rings is 2. The van der Waals surface area contributed by atoms with E-state index in [1.807, 2.05) is 25.1 Å². The highest BCUT2D eigenvalue weighted by molar-refractivity contribution is 6.32. The van der Waals surface area contributed by atoms with Crippen LogP contribution in [0, 0.1) is 0 Å². The van der Waals surface area contributed by atoms with E-state index in [0.717, 1.165) is 12.0 Å². The van der Waals surface area contributed by atoms with Gasteiger partial charge >= 0.3 is 0 Å². The standard InChI is InChI=1S/C18H17Cl2NO3/c1-11(12-4-2-5-14(19)8-12)21-18(22)13-9-15(20)17-16(10-13)23-6-3-7-24-17/h2,4-5,8-11H,3,6-7H2,1H3,(H,21,22). The highest BCUT2D eigenvalue weighted by Crippen LogP contribution is 2.38. The van der Waals surface area contributed by atoms with Crippen LogP contribution in [0.1, 0.15) is 35.3 Å². The number of fused-ring (bicyclic) bond motifs is 1. The number of ether oxygens (including phenoxy) is 2. The Morgan fingerprint density at radius 1 is 1.17 bits per heavy atom. The molecule has 0 spiro atoms. The predicted molar refractivity (Wildman–Crippen MR) is 94.4 cm³/mol. The van der Waals surface area contributed by atoms with Gasteiger partial charge in [-0.1, -0.05) is 35.3 Å². The van der Waals surface area contributed by atoms with Gasteiger partial charge in [0.2, 0.25) is 0 Å². The zero-order valence-corrected chi connectivity index (χ0v) is 14.7. The van der Waals surface area contributed by atoms with E-state index in [2.05, 4.69) is 5.32 Å². The Labute approximate surface area is 150 Å². The van der Waals surface area contributed by atoms with Crippen LogP contribution >= 0.6 is 23.2 Å². The van der Waals surface area contributed by atoms with Gasteiger partial charge in [-0.25, -0.2) is 0 Å². The van der Waals surface area contributed by atoms with Crippen molar-refractivity contribution in [2.45, 2.75) is 19.4 Å². The van der Waals surface area contributed by atoms with Crippen molar-refractivity contribution in [2.24, 2.45) is 0 Å². The van der Waals surface area contributed by atoms with Crippen molar-refractivity contribution < 1.29 is 14.3 Å². The zero-order chi connectivity index (χ0) is 17.1. The smallest absolute Gasteiger partial charge is 0.251 e. The minimum Gasteiger partial charge on any atom is -0.489 e. The molecule has 0 aliphatic carbocycles. The van der Waals surface area contributed by atoms with Crippen molar-refractivity contribution in [3.8, 4) is 11.5 Å². The Bertz CT molecular complexity index is 764. The van der Waals surface area contributed by atoms with Gasteiger partial charge < -0.3 is 14.8 Å². The molecule has 1 atom stereocenters. The van der Waals surface area contributed by atoms with Crippen molar-refractivity contribution in [1.82, 2.24) is 5.32 Å². The fraction of sp³-hybridized carbons (Fsp3) is 0.278. The molecular formula is C18H17Cl2NO3. The molecule has 0 saturated heterocycles. The number of hydrogen-bond donors (Lipinski definition) is 1. The number of rotatable bonds is 3. The van der Waals surface area contributed by atoms with Gasteiger partial charge in [0.1, 0.15) is 0 Å². The maximum atomic E-state index is 12.5. The van der Waals surface area contributed by atoms with Crippen molar-refractivity contribution in [3.05, 3.63) is 57.6 Å². The van der Waals surface area contributed by atoms with Crippen LogP contribution in [-0.2, 0) is 0 Å². The lowest BCUT2D eigenvalue weighted by Gasteiger charge is -2.16. The fourth-order valence-electron chi connectivity index (χ4n) is 2.50. The molecule has 24 heavy (non-hydrogen) atoms. The van der Waals surface area contributed by atoms with Gasteiger partial charge in [0.15, 0.2) is 11.5 Å². The first-order chi connectivity index (χ1) is 11.5. The Morgan fingerprint density at radius 2 is 1.96 bits per heavy atom. The van der Waals surface area contributed by atoms with Gasteiger partial charge in [-0.15, -0.1) is 0 Å². The molecule has 0 radical (unpaired) electrons. The van der Waals surface area contributed by atoms with Crippen LogP contribution in [0.5, 0.6) is 11.5 Å². The summed E-state index contributed by atoms with van der Waals surface area (Å²) in [7, 11) is 0. The van der Waals surface area contributed by atoms with Crippen molar-refractivity contribution in [1.29, 1.82) is 0 Å². The molecule has 2 aromatic rings. The molecule has 0 bridgehead atoms. The zero-order valence-electron chi connectivity index (χ0n) is 13.1. The molecular weight excluding hydrogens is 349 g/mol. The Balaban J connectivity index is 1.80. The first kappa shape index (κ1) is 16.9. The van der Waals surface area contributed by atoms with Crippen molar-refractivity contribution in [2.75, 3.05) is 13.2 Å². The average molecular weight is 366 g/mol. The minimum absolute atomic E-state index is 0.189. The normalized spacial score (nSPS) is 14.6. The molecule has 1 unspecified atom stereocenters. The molecule has 1 heterocycles. The highest BCUT2D eigenvalue weighted by Gasteiger charge is 2.19. The van der Waals surface area contributed by atoms with Crippen molar-refractivity contribution >= 4 is 29.1 Å². The highest BCUT2D eigenvalue weighted by atomic mass is 35.5. The molecule has 1 N–H and O–H groups in total. The third-order valence-corrected chi connectivity index (χ3v) is 4.28. The average Bonchev–Trinajstić information content (AvgIpc) is 2.80. The first-order valence-electron chi connectivity index (χ1n) is 7.70. The third kappa shape index (κ3) is 3.77. The molecule has 1 aliphatic rings. The Morgan fingerprint density at radius 3 is 2.75 bits per heavy atom. The quantitative estimate of drug-likeness (QED) is 0.861. The van der Waals surface area contributed by atoms with Crippen LogP contribution in [0.4, 0.5) is 0 Å². The van der Waals surface area contributed by atoms with Gasteiger partial charge in [-0.3, -0.25) is 4.79 Å². The van der Waals surface area contributed by atoms with E-state index in [0.29, 0.717) is 40.3 Å². The summed E-state index contributed by atoms with van der Waals surface area (Å²) < 4.78 is 11.2. The molecule has 4 nitrogen and oxygen atoms in total. The number of carbonyl (C=O) groups excluding carboxylic acids is 1. The number of halogens is 2. The topological polar surface area (TPSA) is 47.6 Å². The van der Waals surface area contributed by atoms with E-state index in [9.17, 15) is 4.79 Å². The SMILES string of the molecule is CC(NC(=O)c1cc(Cl)c2c(c1)OCCCO2)c1cccc(Cl)c1. The molecule has 2 aromatic carbocycles. The molecule has 1 amide bonds. The van der Waals surface area contributed by atoms with E-state index >= 15 is 0 Å². The largest absolute Gasteiger partial charge is 0.489 e. The van der Waals surface area contributed by atoms with Crippen molar-refractivity contribution in [3.63, 3.8) is 0 Å². The van der Waals surface area contributed by atoms with Gasteiger partial charge in [0, 0.05) is 17.0 Å².